The van der Waals surface area contributed by atoms with E-state index in [1.165, 1.54) is 6.08 Å². The fraction of sp³-hybridized carbons (Fsp3) is 0.320. The molecule has 0 radical (unpaired) electrons. The maximum absolute atomic E-state index is 12.8. The molecule has 6 nitrogen and oxygen atoms in total. The van der Waals surface area contributed by atoms with Crippen LogP contribution in [0.1, 0.15) is 37.8 Å². The van der Waals surface area contributed by atoms with Crippen LogP contribution < -0.4 is 4.74 Å². The smallest absolute Gasteiger partial charge is 0.341 e. The van der Waals surface area contributed by atoms with E-state index >= 15 is 0 Å². The average Bonchev–Trinajstić information content (AvgIpc) is 3.08. The minimum Gasteiger partial charge on any atom is -0.497 e. The van der Waals surface area contributed by atoms with Gasteiger partial charge >= 0.3 is 11.9 Å². The second-order valence-electron chi connectivity index (χ2n) is 7.86. The van der Waals surface area contributed by atoms with Gasteiger partial charge in [-0.2, -0.15) is 0 Å². The van der Waals surface area contributed by atoms with Crippen LogP contribution in [0.15, 0.2) is 71.7 Å². The Morgan fingerprint density at radius 1 is 1.13 bits per heavy atom. The molecule has 1 atom stereocenters. The summed E-state index contributed by atoms with van der Waals surface area (Å²) in [5.41, 5.74) is 0.555. The molecule has 0 amide bonds. The number of benzene rings is 2. The number of cyclic esters (lactones) is 1. The van der Waals surface area contributed by atoms with Crippen molar-refractivity contribution in [1.29, 1.82) is 0 Å². The van der Waals surface area contributed by atoms with Gasteiger partial charge in [-0.15, -0.1) is 0 Å². The molecule has 1 heterocycles. The first kappa shape index (κ1) is 22.3. The lowest BCUT2D eigenvalue weighted by atomic mass is 9.86. The van der Waals surface area contributed by atoms with Crippen molar-refractivity contribution in [2.45, 2.75) is 38.8 Å². The summed E-state index contributed by atoms with van der Waals surface area (Å²) in [6.45, 7) is 4.24. The molecule has 2 aromatic carbocycles. The Morgan fingerprint density at radius 2 is 1.84 bits per heavy atom. The van der Waals surface area contributed by atoms with Crippen molar-refractivity contribution >= 4 is 17.8 Å². The van der Waals surface area contributed by atoms with Gasteiger partial charge in [-0.1, -0.05) is 50.3 Å². The minimum atomic E-state index is -1.06. The number of carbonyl (C=O) groups excluding carboxylic acids is 2. The zero-order valence-corrected chi connectivity index (χ0v) is 18.0. The predicted molar refractivity (Wildman–Crippen MR) is 118 cm³/mol. The number of hydrogen-bond donors (Lipinski definition) is 0. The van der Waals surface area contributed by atoms with Crippen LogP contribution in [0.4, 0.5) is 0 Å². The summed E-state index contributed by atoms with van der Waals surface area (Å²) in [5, 5.41) is 0. The Balaban J connectivity index is 1.70. The van der Waals surface area contributed by atoms with Crippen LogP contribution in [0.25, 0.3) is 0 Å². The number of carbonyl (C=O) groups is 2. The summed E-state index contributed by atoms with van der Waals surface area (Å²) in [7, 11) is 1.59. The van der Waals surface area contributed by atoms with Gasteiger partial charge in [0.25, 0.3) is 0 Å². The van der Waals surface area contributed by atoms with E-state index in [0.29, 0.717) is 17.7 Å². The third kappa shape index (κ3) is 5.81. The Kier molecular flexibility index (Phi) is 7.23. The van der Waals surface area contributed by atoms with Gasteiger partial charge in [0.05, 0.1) is 7.11 Å². The zero-order valence-electron chi connectivity index (χ0n) is 18.0. The van der Waals surface area contributed by atoms with Gasteiger partial charge in [0.2, 0.25) is 5.90 Å². The lowest BCUT2D eigenvalue weighted by molar-refractivity contribution is -0.140. The van der Waals surface area contributed by atoms with Crippen molar-refractivity contribution in [3.8, 4) is 5.75 Å². The van der Waals surface area contributed by atoms with Crippen LogP contribution in [0.5, 0.6) is 5.75 Å². The summed E-state index contributed by atoms with van der Waals surface area (Å²) < 4.78 is 15.9. The van der Waals surface area contributed by atoms with E-state index < -0.39 is 17.5 Å². The van der Waals surface area contributed by atoms with E-state index in [1.54, 1.807) is 37.5 Å². The van der Waals surface area contributed by atoms with Crippen LogP contribution >= 0.6 is 0 Å². The van der Waals surface area contributed by atoms with Crippen LogP contribution in [0.2, 0.25) is 0 Å². The first-order valence-electron chi connectivity index (χ1n) is 10.3. The Bertz CT molecular complexity index is 963. The third-order valence-corrected chi connectivity index (χ3v) is 4.90. The first-order valence-corrected chi connectivity index (χ1v) is 10.3. The van der Waals surface area contributed by atoms with E-state index in [0.717, 1.165) is 5.56 Å². The molecule has 2 aromatic rings. The van der Waals surface area contributed by atoms with Gasteiger partial charge < -0.3 is 14.2 Å². The van der Waals surface area contributed by atoms with E-state index in [2.05, 4.69) is 4.99 Å². The molecule has 0 N–H and O–H groups in total. The van der Waals surface area contributed by atoms with Crippen LogP contribution in [0, 0.1) is 5.92 Å². The normalized spacial score (nSPS) is 18.2. The van der Waals surface area contributed by atoms with E-state index in [1.807, 2.05) is 44.2 Å². The van der Waals surface area contributed by atoms with Crippen LogP contribution in [-0.2, 0) is 25.7 Å². The van der Waals surface area contributed by atoms with E-state index in [-0.39, 0.29) is 24.8 Å². The van der Waals surface area contributed by atoms with Crippen molar-refractivity contribution < 1.29 is 23.8 Å². The lowest BCUT2D eigenvalue weighted by Gasteiger charge is -2.22. The van der Waals surface area contributed by atoms with Crippen molar-refractivity contribution in [1.82, 2.24) is 0 Å². The molecular weight excluding hydrogens is 394 g/mol. The highest BCUT2D eigenvalue weighted by atomic mass is 16.6. The molecule has 0 aliphatic carbocycles. The van der Waals surface area contributed by atoms with Gasteiger partial charge in [-0.25, -0.2) is 14.6 Å². The molecule has 0 saturated heterocycles. The van der Waals surface area contributed by atoms with Gasteiger partial charge in [0.1, 0.15) is 12.4 Å². The second kappa shape index (κ2) is 10.1. The molecule has 0 aromatic heterocycles. The molecule has 6 heteroatoms. The van der Waals surface area contributed by atoms with Crippen molar-refractivity contribution in [3.63, 3.8) is 0 Å². The SMILES string of the molecule is COc1ccc(C2=N[C@@](C/C=C/C(=O)OCc3ccccc3)(CC(C)C)C(=O)O2)cc1. The van der Waals surface area contributed by atoms with Crippen molar-refractivity contribution in [3.05, 3.63) is 77.9 Å². The van der Waals surface area contributed by atoms with Crippen molar-refractivity contribution in [2.24, 2.45) is 10.9 Å². The van der Waals surface area contributed by atoms with Crippen molar-refractivity contribution in [2.75, 3.05) is 7.11 Å². The predicted octanol–water partition coefficient (Wildman–Crippen LogP) is 4.47. The zero-order chi connectivity index (χ0) is 22.3. The minimum absolute atomic E-state index is 0.197. The molecule has 0 unspecified atom stereocenters. The highest BCUT2D eigenvalue weighted by Crippen LogP contribution is 2.33. The maximum Gasteiger partial charge on any atom is 0.341 e. The van der Waals surface area contributed by atoms with Crippen LogP contribution in [0.3, 0.4) is 0 Å². The fourth-order valence-corrected chi connectivity index (χ4v) is 3.45. The van der Waals surface area contributed by atoms with E-state index in [4.69, 9.17) is 14.2 Å². The van der Waals surface area contributed by atoms with Gasteiger partial charge in [-0.3, -0.25) is 0 Å². The van der Waals surface area contributed by atoms with Gasteiger partial charge in [-0.05, 0) is 42.2 Å². The van der Waals surface area contributed by atoms with E-state index in [9.17, 15) is 9.59 Å². The molecule has 0 spiro atoms. The quantitative estimate of drug-likeness (QED) is 0.441. The Morgan fingerprint density at radius 3 is 2.48 bits per heavy atom. The fourth-order valence-electron chi connectivity index (χ4n) is 3.45. The first-order chi connectivity index (χ1) is 14.9. The molecule has 0 fully saturated rings. The summed E-state index contributed by atoms with van der Waals surface area (Å²) in [5.74, 6) is 0.334. The average molecular weight is 421 g/mol. The third-order valence-electron chi connectivity index (χ3n) is 4.90. The molecule has 31 heavy (non-hydrogen) atoms. The van der Waals surface area contributed by atoms with Gasteiger partial charge in [0.15, 0.2) is 5.54 Å². The maximum atomic E-state index is 12.8. The second-order valence-corrected chi connectivity index (χ2v) is 7.86. The lowest BCUT2D eigenvalue weighted by Crippen LogP contribution is -2.35. The Hall–Kier alpha value is -3.41. The number of rotatable bonds is 9. The monoisotopic (exact) mass is 421 g/mol. The number of hydrogen-bond acceptors (Lipinski definition) is 6. The number of methoxy groups -OCH3 is 1. The number of aliphatic imine (C=N–C) groups is 1. The Labute approximate surface area is 182 Å². The van der Waals surface area contributed by atoms with Crippen LogP contribution in [-0.4, -0.2) is 30.5 Å². The number of esters is 2. The highest BCUT2D eigenvalue weighted by molar-refractivity contribution is 6.08. The molecule has 1 aliphatic rings. The topological polar surface area (TPSA) is 74.2 Å². The summed E-state index contributed by atoms with van der Waals surface area (Å²) in [4.78, 5) is 29.5. The molecule has 0 bridgehead atoms. The molecule has 0 saturated carbocycles. The standard InChI is InChI=1S/C25H27NO5/c1-18(2)16-25(15-7-10-22(27)30-17-19-8-5-4-6-9-19)24(28)31-23(26-25)20-11-13-21(29-3)14-12-20/h4-14,18H,15-17H2,1-3H3/b10-7+/t25-/m0/s1. The number of ether oxygens (including phenoxy) is 3. The molecular formula is C25H27NO5. The molecule has 1 aliphatic heterocycles. The largest absolute Gasteiger partial charge is 0.497 e. The summed E-state index contributed by atoms with van der Waals surface area (Å²) >= 11 is 0. The highest BCUT2D eigenvalue weighted by Gasteiger charge is 2.45. The molecule has 162 valence electrons. The summed E-state index contributed by atoms with van der Waals surface area (Å²) in [6, 6.07) is 16.6. The van der Waals surface area contributed by atoms with Gasteiger partial charge in [0, 0.05) is 18.1 Å². The molecule has 3 rings (SSSR count). The number of nitrogens with zero attached hydrogens (tertiary/aromatic N) is 1. The summed E-state index contributed by atoms with van der Waals surface area (Å²) in [6.07, 6.45) is 3.75.